The molecule has 0 N–H and O–H groups in total. The lowest BCUT2D eigenvalue weighted by Gasteiger charge is -2.59. The van der Waals surface area contributed by atoms with Gasteiger partial charge in [0.25, 0.3) is 5.91 Å². The number of aryl methyl sites for hydroxylation is 1. The van der Waals surface area contributed by atoms with E-state index in [4.69, 9.17) is 4.74 Å². The maximum absolute atomic E-state index is 14.3. The maximum Gasteiger partial charge on any atom is 0.257 e. The summed E-state index contributed by atoms with van der Waals surface area (Å²) >= 11 is 0. The highest BCUT2D eigenvalue weighted by Gasteiger charge is 2.71. The number of hydrogen-bond donors (Lipinski definition) is 0. The molecule has 1 aliphatic carbocycles. The summed E-state index contributed by atoms with van der Waals surface area (Å²) in [5.74, 6) is 0.964. The van der Waals surface area contributed by atoms with Gasteiger partial charge in [0.2, 0.25) is 0 Å². The van der Waals surface area contributed by atoms with Crippen molar-refractivity contribution in [3.63, 3.8) is 0 Å². The van der Waals surface area contributed by atoms with Gasteiger partial charge in [0.05, 0.1) is 18.8 Å². The van der Waals surface area contributed by atoms with Crippen LogP contribution in [0.2, 0.25) is 0 Å². The van der Waals surface area contributed by atoms with Gasteiger partial charge in [-0.1, -0.05) is 59.7 Å². The summed E-state index contributed by atoms with van der Waals surface area (Å²) in [5, 5.41) is 0. The molecule has 3 saturated heterocycles. The lowest BCUT2D eigenvalue weighted by molar-refractivity contribution is -0.123. The minimum absolute atomic E-state index is 0.0420. The van der Waals surface area contributed by atoms with Crippen LogP contribution < -0.4 is 4.90 Å². The molecule has 166 valence electrons. The van der Waals surface area contributed by atoms with Gasteiger partial charge in [-0.15, -0.1) is 0 Å². The van der Waals surface area contributed by atoms with Crippen molar-refractivity contribution in [3.8, 4) is 0 Å². The molecule has 2 aromatic rings. The Morgan fingerprint density at radius 3 is 2.85 bits per heavy atom. The fourth-order valence-corrected chi connectivity index (χ4v) is 8.43. The van der Waals surface area contributed by atoms with E-state index in [2.05, 4.69) is 77.4 Å². The van der Waals surface area contributed by atoms with Crippen molar-refractivity contribution in [1.82, 2.24) is 4.90 Å². The summed E-state index contributed by atoms with van der Waals surface area (Å²) in [7, 11) is 0. The van der Waals surface area contributed by atoms with E-state index in [0.29, 0.717) is 24.5 Å². The van der Waals surface area contributed by atoms with Gasteiger partial charge in [-0.2, -0.15) is 0 Å². The number of hydrogen-bond acceptors (Lipinski definition) is 3. The predicted molar refractivity (Wildman–Crippen MR) is 128 cm³/mol. The van der Waals surface area contributed by atoms with Crippen LogP contribution in [0.25, 0.3) is 6.08 Å². The Balaban J connectivity index is 1.38. The lowest BCUT2D eigenvalue weighted by Crippen LogP contribution is -2.69. The fraction of sp³-hybridized carbons (Fsp3) is 0.414. The highest BCUT2D eigenvalue weighted by atomic mass is 16.5. The number of carbonyl (C=O) groups is 1. The van der Waals surface area contributed by atoms with Crippen LogP contribution in [-0.2, 0) is 14.9 Å². The molecule has 4 nitrogen and oxygen atoms in total. The second-order valence-corrected chi connectivity index (χ2v) is 10.9. The van der Waals surface area contributed by atoms with Crippen LogP contribution in [0.3, 0.4) is 0 Å². The molecule has 6 unspecified atom stereocenters. The van der Waals surface area contributed by atoms with Crippen molar-refractivity contribution in [2.24, 2.45) is 11.8 Å². The standard InChI is InChI=1S/C29H28N2O2/c1-17-6-8-18(9-7-17)14-21-26-25-20-15-24-29(11-12-30(24)16-19(20)10-13-33-26)22-4-2-3-5-23(22)31(27(25)29)28(21)32/h2-10,14,20,24-27H,11-13,15-16H2,1H3/b21-14+. The second-order valence-electron chi connectivity index (χ2n) is 10.9. The maximum atomic E-state index is 14.3. The molecule has 1 spiro atoms. The second kappa shape index (κ2) is 6.25. The quantitative estimate of drug-likeness (QED) is 0.499. The molecular formula is C29H28N2O2. The molecule has 5 aliphatic heterocycles. The van der Waals surface area contributed by atoms with Crippen molar-refractivity contribution in [1.29, 1.82) is 0 Å². The smallest absolute Gasteiger partial charge is 0.257 e. The van der Waals surface area contributed by atoms with Gasteiger partial charge < -0.3 is 9.64 Å². The third kappa shape index (κ3) is 2.17. The largest absolute Gasteiger partial charge is 0.369 e. The summed E-state index contributed by atoms with van der Waals surface area (Å²) in [4.78, 5) is 19.2. The Hall–Kier alpha value is -2.69. The number of fused-ring (bicyclic) bond motifs is 2. The minimum atomic E-state index is -0.141. The molecular weight excluding hydrogens is 408 g/mol. The number of ether oxygens (including phenoxy) is 1. The molecule has 6 atom stereocenters. The van der Waals surface area contributed by atoms with Crippen LogP contribution in [-0.4, -0.2) is 48.7 Å². The summed E-state index contributed by atoms with van der Waals surface area (Å²) in [6, 6.07) is 18.0. The first-order valence-electron chi connectivity index (χ1n) is 12.4. The minimum Gasteiger partial charge on any atom is -0.369 e. The number of rotatable bonds is 1. The number of para-hydroxylation sites is 1. The molecule has 8 rings (SSSR count). The number of piperidine rings is 2. The normalized spacial score (nSPS) is 38.9. The Labute approximate surface area is 194 Å². The lowest BCUT2D eigenvalue weighted by atomic mass is 9.53. The number of benzene rings is 2. The van der Waals surface area contributed by atoms with Gasteiger partial charge in [0.1, 0.15) is 0 Å². The summed E-state index contributed by atoms with van der Waals surface area (Å²) in [6.45, 7) is 4.91. The van der Waals surface area contributed by atoms with Gasteiger partial charge >= 0.3 is 0 Å². The van der Waals surface area contributed by atoms with E-state index in [1.165, 1.54) is 17.5 Å². The first-order valence-corrected chi connectivity index (χ1v) is 12.4. The number of nitrogens with zero attached hydrogens (tertiary/aromatic N) is 2. The van der Waals surface area contributed by atoms with Crippen LogP contribution >= 0.6 is 0 Å². The van der Waals surface area contributed by atoms with Gasteiger partial charge in [-0.05, 0) is 55.5 Å². The molecule has 0 radical (unpaired) electrons. The van der Waals surface area contributed by atoms with Gasteiger partial charge in [-0.3, -0.25) is 9.69 Å². The highest BCUT2D eigenvalue weighted by molar-refractivity contribution is 6.12. The zero-order valence-electron chi connectivity index (χ0n) is 18.9. The zero-order chi connectivity index (χ0) is 21.9. The van der Waals surface area contributed by atoms with E-state index in [-0.39, 0.29) is 23.5 Å². The van der Waals surface area contributed by atoms with Gasteiger partial charge in [0, 0.05) is 35.2 Å². The van der Waals surface area contributed by atoms with Crippen molar-refractivity contribution in [2.75, 3.05) is 24.6 Å². The Bertz CT molecular complexity index is 1260. The van der Waals surface area contributed by atoms with E-state index in [1.54, 1.807) is 5.57 Å². The van der Waals surface area contributed by atoms with E-state index in [1.807, 2.05) is 0 Å². The molecule has 5 heterocycles. The van der Waals surface area contributed by atoms with E-state index >= 15 is 0 Å². The highest BCUT2D eigenvalue weighted by Crippen LogP contribution is 2.66. The van der Waals surface area contributed by atoms with Gasteiger partial charge in [-0.25, -0.2) is 0 Å². The van der Waals surface area contributed by atoms with Crippen molar-refractivity contribution >= 4 is 17.7 Å². The third-order valence-corrected chi connectivity index (χ3v) is 9.63. The average molecular weight is 437 g/mol. The molecule has 2 aromatic carbocycles. The average Bonchev–Trinajstić information content (AvgIpc) is 3.29. The molecule has 2 bridgehead atoms. The van der Waals surface area contributed by atoms with E-state index in [0.717, 1.165) is 36.3 Å². The molecule has 4 fully saturated rings. The Kier molecular flexibility index (Phi) is 3.54. The number of anilines is 1. The summed E-state index contributed by atoms with van der Waals surface area (Å²) < 4.78 is 6.59. The molecule has 1 amide bonds. The number of amides is 1. The molecule has 33 heavy (non-hydrogen) atoms. The fourth-order valence-electron chi connectivity index (χ4n) is 8.43. The summed E-state index contributed by atoms with van der Waals surface area (Å²) in [5.41, 5.74) is 7.28. The van der Waals surface area contributed by atoms with Crippen molar-refractivity contribution < 1.29 is 9.53 Å². The third-order valence-electron chi connectivity index (χ3n) is 9.63. The SMILES string of the molecule is Cc1ccc(/C=C2/C(=O)N3c4ccccc4C45CCN6CC7=CCOC2C(C7CC64)C35)cc1. The monoisotopic (exact) mass is 436 g/mol. The van der Waals surface area contributed by atoms with E-state index < -0.39 is 0 Å². The molecule has 4 heteroatoms. The zero-order valence-corrected chi connectivity index (χ0v) is 18.9. The predicted octanol–water partition coefficient (Wildman–Crippen LogP) is 4.09. The van der Waals surface area contributed by atoms with Crippen molar-refractivity contribution in [2.45, 2.75) is 43.4 Å². The Morgan fingerprint density at radius 2 is 1.97 bits per heavy atom. The topological polar surface area (TPSA) is 32.8 Å². The van der Waals surface area contributed by atoms with Crippen molar-refractivity contribution in [3.05, 3.63) is 82.4 Å². The Morgan fingerprint density at radius 1 is 1.12 bits per heavy atom. The molecule has 1 saturated carbocycles. The van der Waals surface area contributed by atoms with Crippen LogP contribution in [0.4, 0.5) is 5.69 Å². The number of carbonyl (C=O) groups excluding carboxylic acids is 1. The molecule has 0 aromatic heterocycles. The summed E-state index contributed by atoms with van der Waals surface area (Å²) in [6.07, 6.45) is 6.64. The first kappa shape index (κ1) is 18.7. The van der Waals surface area contributed by atoms with E-state index in [9.17, 15) is 4.79 Å². The van der Waals surface area contributed by atoms with Crippen LogP contribution in [0.15, 0.2) is 65.8 Å². The van der Waals surface area contributed by atoms with Gasteiger partial charge in [0.15, 0.2) is 0 Å². The molecule has 6 aliphatic rings. The van der Waals surface area contributed by atoms with Crippen LogP contribution in [0, 0.1) is 18.8 Å². The van der Waals surface area contributed by atoms with Crippen LogP contribution in [0.1, 0.15) is 29.5 Å². The first-order chi connectivity index (χ1) is 16.2. The van der Waals surface area contributed by atoms with Crippen LogP contribution in [0.5, 0.6) is 0 Å².